The summed E-state index contributed by atoms with van der Waals surface area (Å²) in [6.45, 7) is 16.2. The molecular formula is C17H23N3O. The van der Waals surface area contributed by atoms with Crippen molar-refractivity contribution in [1.82, 2.24) is 14.5 Å². The van der Waals surface area contributed by atoms with Gasteiger partial charge in [-0.05, 0) is 25.0 Å². The van der Waals surface area contributed by atoms with Crippen molar-refractivity contribution in [3.63, 3.8) is 0 Å². The molecule has 0 spiro atoms. The number of nitrogens with zero attached hydrogens (tertiary/aromatic N) is 2. The van der Waals surface area contributed by atoms with Crippen molar-refractivity contribution in [3.05, 3.63) is 64.9 Å². The van der Waals surface area contributed by atoms with Gasteiger partial charge < -0.3 is 9.55 Å². The molecule has 0 fully saturated rings. The average Bonchev–Trinajstić information content (AvgIpc) is 2.73. The molecule has 4 heteroatoms. The van der Waals surface area contributed by atoms with E-state index in [1.54, 1.807) is 6.08 Å². The van der Waals surface area contributed by atoms with Gasteiger partial charge in [0.1, 0.15) is 5.65 Å². The van der Waals surface area contributed by atoms with Crippen LogP contribution in [-0.4, -0.2) is 14.5 Å². The molecule has 0 aliphatic rings. The summed E-state index contributed by atoms with van der Waals surface area (Å²) in [5.74, 6) is 0. The fourth-order valence-electron chi connectivity index (χ4n) is 2.13. The Morgan fingerprint density at radius 1 is 1.43 bits per heavy atom. The molecule has 0 bridgehead atoms. The molecule has 1 N–H and O–H groups in total. The van der Waals surface area contributed by atoms with Crippen LogP contribution in [0, 0.1) is 13.8 Å². The van der Waals surface area contributed by atoms with Gasteiger partial charge in [0.05, 0.1) is 11.7 Å². The third kappa shape index (κ3) is 3.40. The molecule has 0 saturated carbocycles. The molecule has 2 aromatic rings. The van der Waals surface area contributed by atoms with Crippen LogP contribution in [0.3, 0.4) is 0 Å². The summed E-state index contributed by atoms with van der Waals surface area (Å²) in [7, 11) is 0. The SMILES string of the molecule is C=C/C=C\C(=C)Cn1c(C)c(C)c2c(=O)[nH]cnc21.CC. The molecule has 0 aliphatic heterocycles. The van der Waals surface area contributed by atoms with Gasteiger partial charge in [0, 0.05) is 12.2 Å². The van der Waals surface area contributed by atoms with Crippen molar-refractivity contribution in [2.75, 3.05) is 0 Å². The van der Waals surface area contributed by atoms with Crippen LogP contribution in [0.1, 0.15) is 25.1 Å². The maximum atomic E-state index is 11.9. The van der Waals surface area contributed by atoms with E-state index in [9.17, 15) is 4.79 Å². The van der Waals surface area contributed by atoms with Crippen molar-refractivity contribution in [2.45, 2.75) is 34.2 Å². The highest BCUT2D eigenvalue weighted by Gasteiger charge is 2.14. The van der Waals surface area contributed by atoms with E-state index >= 15 is 0 Å². The molecule has 0 radical (unpaired) electrons. The number of rotatable bonds is 4. The minimum absolute atomic E-state index is 0.100. The third-order valence-electron chi connectivity index (χ3n) is 3.24. The summed E-state index contributed by atoms with van der Waals surface area (Å²) in [4.78, 5) is 18.8. The topological polar surface area (TPSA) is 50.7 Å². The zero-order valence-corrected chi connectivity index (χ0v) is 13.2. The van der Waals surface area contributed by atoms with Gasteiger partial charge in [0.25, 0.3) is 5.56 Å². The fourth-order valence-corrected chi connectivity index (χ4v) is 2.13. The molecule has 0 saturated heterocycles. The molecule has 21 heavy (non-hydrogen) atoms. The first kappa shape index (κ1) is 16.7. The van der Waals surface area contributed by atoms with Gasteiger partial charge in [0.2, 0.25) is 0 Å². The number of hydrogen-bond acceptors (Lipinski definition) is 2. The van der Waals surface area contributed by atoms with Crippen molar-refractivity contribution in [2.24, 2.45) is 0 Å². The zero-order chi connectivity index (χ0) is 16.0. The lowest BCUT2D eigenvalue weighted by molar-refractivity contribution is 0.791. The highest BCUT2D eigenvalue weighted by molar-refractivity contribution is 5.80. The van der Waals surface area contributed by atoms with Gasteiger partial charge >= 0.3 is 0 Å². The number of aromatic nitrogens is 3. The van der Waals surface area contributed by atoms with Crippen LogP contribution in [0.2, 0.25) is 0 Å². The van der Waals surface area contributed by atoms with E-state index in [1.165, 1.54) is 6.33 Å². The summed E-state index contributed by atoms with van der Waals surface area (Å²) >= 11 is 0. The normalized spacial score (nSPS) is 10.5. The van der Waals surface area contributed by atoms with E-state index in [2.05, 4.69) is 23.1 Å². The number of aryl methyl sites for hydroxylation is 1. The number of fused-ring (bicyclic) bond motifs is 1. The van der Waals surface area contributed by atoms with Gasteiger partial charge in [-0.3, -0.25) is 4.79 Å². The lowest BCUT2D eigenvalue weighted by Gasteiger charge is -2.07. The van der Waals surface area contributed by atoms with Crippen LogP contribution in [0.15, 0.2) is 48.1 Å². The Morgan fingerprint density at radius 2 is 2.10 bits per heavy atom. The fraction of sp³-hybridized carbons (Fsp3) is 0.294. The maximum absolute atomic E-state index is 11.9. The second kappa shape index (κ2) is 7.43. The summed E-state index contributed by atoms with van der Waals surface area (Å²) in [5.41, 5.74) is 3.53. The molecule has 112 valence electrons. The molecule has 0 aromatic carbocycles. The van der Waals surface area contributed by atoms with E-state index in [1.807, 2.05) is 44.4 Å². The molecule has 0 aliphatic carbocycles. The molecule has 0 atom stereocenters. The predicted octanol–water partition coefficient (Wildman–Crippen LogP) is 3.67. The van der Waals surface area contributed by atoms with Gasteiger partial charge in [-0.1, -0.05) is 45.2 Å². The lowest BCUT2D eigenvalue weighted by atomic mass is 10.2. The Morgan fingerprint density at radius 3 is 2.71 bits per heavy atom. The molecule has 2 heterocycles. The molecule has 4 nitrogen and oxygen atoms in total. The van der Waals surface area contributed by atoms with Crippen LogP contribution in [0.5, 0.6) is 0 Å². The molecule has 2 aromatic heterocycles. The molecular weight excluding hydrogens is 262 g/mol. The minimum atomic E-state index is -0.100. The number of H-pyrrole nitrogens is 1. The minimum Gasteiger partial charge on any atom is -0.325 e. The molecule has 0 unspecified atom stereocenters. The summed E-state index contributed by atoms with van der Waals surface area (Å²) in [5, 5.41) is 0.653. The van der Waals surface area contributed by atoms with Crippen molar-refractivity contribution in [1.29, 1.82) is 0 Å². The third-order valence-corrected chi connectivity index (χ3v) is 3.24. The van der Waals surface area contributed by atoms with E-state index in [0.717, 1.165) is 16.8 Å². The van der Waals surface area contributed by atoms with Crippen LogP contribution >= 0.6 is 0 Å². The smallest absolute Gasteiger partial charge is 0.260 e. The van der Waals surface area contributed by atoms with Crippen LogP contribution in [0.4, 0.5) is 0 Å². The quantitative estimate of drug-likeness (QED) is 0.871. The molecule has 2 rings (SSSR count). The summed E-state index contributed by atoms with van der Waals surface area (Å²) < 4.78 is 2.01. The van der Waals surface area contributed by atoms with Gasteiger partial charge in [-0.2, -0.15) is 0 Å². The second-order valence-electron chi connectivity index (χ2n) is 4.48. The first-order valence-electron chi connectivity index (χ1n) is 7.06. The van der Waals surface area contributed by atoms with Crippen LogP contribution in [0.25, 0.3) is 11.0 Å². The predicted molar refractivity (Wildman–Crippen MR) is 89.7 cm³/mol. The van der Waals surface area contributed by atoms with E-state index in [0.29, 0.717) is 17.6 Å². The van der Waals surface area contributed by atoms with E-state index in [-0.39, 0.29) is 5.56 Å². The Balaban J connectivity index is 0.00000106. The maximum Gasteiger partial charge on any atom is 0.260 e. The Kier molecular flexibility index (Phi) is 5.91. The standard InChI is InChI=1S/C15H17N3O.C2H6/c1-5-6-7-10(2)8-18-12(4)11(3)13-14(18)16-9-17-15(13)19;1-2/h5-7,9H,1-2,8H2,3-4H3,(H,16,17,19);1-2H3/b7-6-;. The second-order valence-corrected chi connectivity index (χ2v) is 4.48. The number of nitrogens with one attached hydrogen (secondary N) is 1. The highest BCUT2D eigenvalue weighted by atomic mass is 16.1. The summed E-state index contributed by atoms with van der Waals surface area (Å²) in [6, 6.07) is 0. The number of allylic oxidation sites excluding steroid dienone is 4. The van der Waals surface area contributed by atoms with E-state index in [4.69, 9.17) is 0 Å². The lowest BCUT2D eigenvalue weighted by Crippen LogP contribution is -2.08. The van der Waals surface area contributed by atoms with Gasteiger partial charge in [-0.25, -0.2) is 4.98 Å². The first-order chi connectivity index (χ1) is 10.1. The monoisotopic (exact) mass is 285 g/mol. The van der Waals surface area contributed by atoms with Crippen molar-refractivity contribution < 1.29 is 0 Å². The van der Waals surface area contributed by atoms with Crippen LogP contribution in [-0.2, 0) is 6.54 Å². The van der Waals surface area contributed by atoms with Gasteiger partial charge in [-0.15, -0.1) is 0 Å². The highest BCUT2D eigenvalue weighted by Crippen LogP contribution is 2.21. The first-order valence-corrected chi connectivity index (χ1v) is 7.06. The Bertz CT molecular complexity index is 732. The zero-order valence-electron chi connectivity index (χ0n) is 13.2. The van der Waals surface area contributed by atoms with Gasteiger partial charge in [0.15, 0.2) is 0 Å². The van der Waals surface area contributed by atoms with Crippen LogP contribution < -0.4 is 5.56 Å². The van der Waals surface area contributed by atoms with E-state index < -0.39 is 0 Å². The average molecular weight is 285 g/mol. The largest absolute Gasteiger partial charge is 0.325 e. The van der Waals surface area contributed by atoms with Crippen molar-refractivity contribution in [3.8, 4) is 0 Å². The number of aromatic amines is 1. The van der Waals surface area contributed by atoms with Crippen molar-refractivity contribution >= 4 is 11.0 Å². The molecule has 0 amide bonds. The number of hydrogen-bond donors (Lipinski definition) is 1. The Hall–Kier alpha value is -2.36. The Labute approximate surface area is 125 Å². The summed E-state index contributed by atoms with van der Waals surface area (Å²) in [6.07, 6.45) is 6.89.